The summed E-state index contributed by atoms with van der Waals surface area (Å²) in [5.74, 6) is 0.412. The SMILES string of the molecule is CCC(CC)(CCO)CN=C1NS(=O)(=O)c2ccccc21. The molecule has 1 aliphatic heterocycles. The molecular weight excluding hydrogens is 288 g/mol. The van der Waals surface area contributed by atoms with Crippen LogP contribution in [0.4, 0.5) is 0 Å². The molecule has 1 aromatic rings. The van der Waals surface area contributed by atoms with Gasteiger partial charge in [-0.05, 0) is 36.8 Å². The molecule has 0 aromatic heterocycles. The monoisotopic (exact) mass is 310 g/mol. The summed E-state index contributed by atoms with van der Waals surface area (Å²) in [6, 6.07) is 6.85. The van der Waals surface area contributed by atoms with E-state index in [1.807, 2.05) is 0 Å². The number of aliphatic hydroxyl groups is 1. The first-order valence-electron chi connectivity index (χ1n) is 7.25. The maximum absolute atomic E-state index is 12.0. The second kappa shape index (κ2) is 6.15. The minimum absolute atomic E-state index is 0.0786. The van der Waals surface area contributed by atoms with E-state index in [1.165, 1.54) is 0 Å². The van der Waals surface area contributed by atoms with Crippen molar-refractivity contribution < 1.29 is 13.5 Å². The number of amidine groups is 1. The van der Waals surface area contributed by atoms with Crippen molar-refractivity contribution in [2.45, 2.75) is 38.0 Å². The van der Waals surface area contributed by atoms with Gasteiger partial charge in [-0.15, -0.1) is 0 Å². The molecule has 2 N–H and O–H groups in total. The molecule has 0 spiro atoms. The molecule has 0 saturated carbocycles. The minimum atomic E-state index is -3.48. The number of aliphatic imine (C=N–C) groups is 1. The number of benzene rings is 1. The molecule has 21 heavy (non-hydrogen) atoms. The number of sulfonamides is 1. The topological polar surface area (TPSA) is 78.8 Å². The second-order valence-electron chi connectivity index (χ2n) is 5.45. The Morgan fingerprint density at radius 3 is 2.52 bits per heavy atom. The number of nitrogens with zero attached hydrogens (tertiary/aromatic N) is 1. The van der Waals surface area contributed by atoms with Gasteiger partial charge >= 0.3 is 0 Å². The molecule has 116 valence electrons. The van der Waals surface area contributed by atoms with Crippen molar-refractivity contribution in [3.63, 3.8) is 0 Å². The van der Waals surface area contributed by atoms with E-state index in [2.05, 4.69) is 23.6 Å². The summed E-state index contributed by atoms with van der Waals surface area (Å²) in [5, 5.41) is 9.24. The van der Waals surface area contributed by atoms with Gasteiger partial charge in [0.2, 0.25) is 0 Å². The van der Waals surface area contributed by atoms with Crippen LogP contribution in [0.3, 0.4) is 0 Å². The van der Waals surface area contributed by atoms with Gasteiger partial charge in [-0.2, -0.15) is 0 Å². The normalized spacial score (nSPS) is 18.5. The predicted molar refractivity (Wildman–Crippen MR) is 82.9 cm³/mol. The Balaban J connectivity index is 2.31. The van der Waals surface area contributed by atoms with Gasteiger partial charge in [0, 0.05) is 18.7 Å². The maximum Gasteiger partial charge on any atom is 0.263 e. The quantitative estimate of drug-likeness (QED) is 0.842. The Labute approximate surface area is 126 Å². The highest BCUT2D eigenvalue weighted by molar-refractivity contribution is 7.90. The third-order valence-corrected chi connectivity index (χ3v) is 5.77. The lowest BCUT2D eigenvalue weighted by molar-refractivity contribution is 0.175. The van der Waals surface area contributed by atoms with Crippen molar-refractivity contribution in [1.82, 2.24) is 4.72 Å². The van der Waals surface area contributed by atoms with Gasteiger partial charge in [0.15, 0.2) is 0 Å². The zero-order valence-corrected chi connectivity index (χ0v) is 13.3. The molecule has 0 bridgehead atoms. The highest BCUT2D eigenvalue weighted by atomic mass is 32.2. The van der Waals surface area contributed by atoms with E-state index < -0.39 is 10.0 Å². The lowest BCUT2D eigenvalue weighted by atomic mass is 9.79. The first kappa shape index (κ1) is 16.0. The highest BCUT2D eigenvalue weighted by Crippen LogP contribution is 2.31. The number of hydrogen-bond acceptors (Lipinski definition) is 4. The van der Waals surface area contributed by atoms with Crippen LogP contribution in [-0.4, -0.2) is 32.5 Å². The highest BCUT2D eigenvalue weighted by Gasteiger charge is 2.31. The number of nitrogens with one attached hydrogen (secondary N) is 1. The molecule has 2 rings (SSSR count). The largest absolute Gasteiger partial charge is 0.396 e. The van der Waals surface area contributed by atoms with Gasteiger partial charge in [0.1, 0.15) is 5.84 Å². The summed E-state index contributed by atoms with van der Waals surface area (Å²) < 4.78 is 26.6. The Morgan fingerprint density at radius 2 is 1.90 bits per heavy atom. The van der Waals surface area contributed by atoms with Gasteiger partial charge in [-0.1, -0.05) is 26.0 Å². The van der Waals surface area contributed by atoms with Crippen molar-refractivity contribution in [2.75, 3.05) is 13.2 Å². The van der Waals surface area contributed by atoms with Crippen LogP contribution in [0.15, 0.2) is 34.2 Å². The van der Waals surface area contributed by atoms with E-state index in [-0.39, 0.29) is 16.9 Å². The van der Waals surface area contributed by atoms with Gasteiger partial charge in [-0.25, -0.2) is 8.42 Å². The van der Waals surface area contributed by atoms with Gasteiger partial charge in [0.05, 0.1) is 4.90 Å². The molecule has 0 saturated heterocycles. The lowest BCUT2D eigenvalue weighted by Crippen LogP contribution is -2.28. The zero-order valence-electron chi connectivity index (χ0n) is 12.5. The number of rotatable bonds is 6. The first-order chi connectivity index (χ1) is 9.98. The minimum Gasteiger partial charge on any atom is -0.396 e. The van der Waals surface area contributed by atoms with Gasteiger partial charge in [-0.3, -0.25) is 9.71 Å². The Kier molecular flexibility index (Phi) is 4.68. The second-order valence-corrected chi connectivity index (χ2v) is 7.10. The van der Waals surface area contributed by atoms with E-state index in [0.29, 0.717) is 24.4 Å². The fourth-order valence-electron chi connectivity index (χ4n) is 2.64. The van der Waals surface area contributed by atoms with Crippen LogP contribution in [-0.2, 0) is 10.0 Å². The predicted octanol–water partition coefficient (Wildman–Crippen LogP) is 1.91. The fourth-order valence-corrected chi connectivity index (χ4v) is 3.89. The molecule has 0 radical (unpaired) electrons. The standard InChI is InChI=1S/C15H22N2O3S/c1-3-15(4-2,9-10-18)11-16-14-12-7-5-6-8-13(12)21(19,20)17-14/h5-8,18H,3-4,9-11H2,1-2H3,(H,16,17). The van der Waals surface area contributed by atoms with Crippen LogP contribution in [0.5, 0.6) is 0 Å². The average molecular weight is 310 g/mol. The molecular formula is C15H22N2O3S. The van der Waals surface area contributed by atoms with E-state index in [1.54, 1.807) is 24.3 Å². The van der Waals surface area contributed by atoms with Crippen LogP contribution < -0.4 is 4.72 Å². The van der Waals surface area contributed by atoms with Crippen molar-refractivity contribution >= 4 is 15.9 Å². The van der Waals surface area contributed by atoms with E-state index in [4.69, 9.17) is 0 Å². The number of hydrogen-bond donors (Lipinski definition) is 2. The summed E-state index contributed by atoms with van der Waals surface area (Å²) >= 11 is 0. The van der Waals surface area contributed by atoms with Gasteiger partial charge < -0.3 is 5.11 Å². The van der Waals surface area contributed by atoms with E-state index >= 15 is 0 Å². The number of aliphatic hydroxyl groups excluding tert-OH is 1. The van der Waals surface area contributed by atoms with Crippen molar-refractivity contribution in [3.05, 3.63) is 29.8 Å². The van der Waals surface area contributed by atoms with Crippen LogP contribution >= 0.6 is 0 Å². The summed E-state index contributed by atoms with van der Waals surface area (Å²) in [6.07, 6.45) is 2.47. The van der Waals surface area contributed by atoms with Crippen molar-refractivity contribution in [1.29, 1.82) is 0 Å². The summed E-state index contributed by atoms with van der Waals surface area (Å²) in [5.41, 5.74) is 0.549. The van der Waals surface area contributed by atoms with Crippen molar-refractivity contribution in [3.8, 4) is 0 Å². The molecule has 1 aliphatic rings. The Morgan fingerprint density at radius 1 is 1.24 bits per heavy atom. The molecule has 0 amide bonds. The molecule has 6 heteroatoms. The third-order valence-electron chi connectivity index (χ3n) is 4.38. The lowest BCUT2D eigenvalue weighted by Gasteiger charge is -2.29. The smallest absolute Gasteiger partial charge is 0.263 e. The van der Waals surface area contributed by atoms with E-state index in [9.17, 15) is 13.5 Å². The average Bonchev–Trinajstić information content (AvgIpc) is 2.76. The van der Waals surface area contributed by atoms with Crippen LogP contribution in [0.1, 0.15) is 38.7 Å². The molecule has 1 heterocycles. The molecule has 0 aliphatic carbocycles. The van der Waals surface area contributed by atoms with Crippen LogP contribution in [0.2, 0.25) is 0 Å². The Hall–Kier alpha value is -1.40. The summed E-state index contributed by atoms with van der Waals surface area (Å²) in [6.45, 7) is 4.78. The maximum atomic E-state index is 12.0. The fraction of sp³-hybridized carbons (Fsp3) is 0.533. The molecule has 0 fully saturated rings. The molecule has 5 nitrogen and oxygen atoms in total. The first-order valence-corrected chi connectivity index (χ1v) is 8.74. The molecule has 1 aromatic carbocycles. The zero-order chi connectivity index (χ0) is 15.5. The van der Waals surface area contributed by atoms with E-state index in [0.717, 1.165) is 12.8 Å². The molecule has 0 atom stereocenters. The van der Waals surface area contributed by atoms with Crippen LogP contribution in [0, 0.1) is 5.41 Å². The number of fused-ring (bicyclic) bond motifs is 1. The third kappa shape index (κ3) is 3.11. The Bertz CT molecular complexity index is 634. The summed E-state index contributed by atoms with van der Waals surface area (Å²) in [4.78, 5) is 4.79. The summed E-state index contributed by atoms with van der Waals surface area (Å²) in [7, 11) is -3.48. The van der Waals surface area contributed by atoms with Crippen molar-refractivity contribution in [2.24, 2.45) is 10.4 Å². The van der Waals surface area contributed by atoms with Crippen LogP contribution in [0.25, 0.3) is 0 Å². The molecule has 0 unspecified atom stereocenters. The van der Waals surface area contributed by atoms with Gasteiger partial charge in [0.25, 0.3) is 10.0 Å².